The average molecular weight is 299 g/mol. The van der Waals surface area contributed by atoms with Crippen LogP contribution in [0.15, 0.2) is 78.4 Å². The largest absolute Gasteiger partial charge is 0.343 e. The highest BCUT2D eigenvalue weighted by Gasteiger charge is 2.20. The first-order valence-corrected chi connectivity index (χ1v) is 8.05. The lowest BCUT2D eigenvalue weighted by Gasteiger charge is -2.15. The molecule has 0 atom stereocenters. The minimum absolute atomic E-state index is 0.893. The van der Waals surface area contributed by atoms with Gasteiger partial charge in [-0.15, -0.1) is 0 Å². The molecule has 0 N–H and O–H groups in total. The molecule has 0 aromatic heterocycles. The van der Waals surface area contributed by atoms with Crippen molar-refractivity contribution in [1.82, 2.24) is 0 Å². The van der Waals surface area contributed by atoms with Crippen LogP contribution in [0.4, 0.5) is 0 Å². The maximum Gasteiger partial charge on any atom is 0.343 e. The molecule has 2 aliphatic rings. The Labute approximate surface area is 137 Å². The predicted octanol–water partition coefficient (Wildman–Crippen LogP) is 4.45. The highest BCUT2D eigenvalue weighted by Crippen LogP contribution is 2.36. The Morgan fingerprint density at radius 3 is 1.74 bits per heavy atom. The van der Waals surface area contributed by atoms with E-state index < -0.39 is 0 Å². The molecule has 0 spiro atoms. The Bertz CT molecular complexity index is 811. The highest BCUT2D eigenvalue weighted by molar-refractivity contribution is 6.03. The molecule has 0 saturated carbocycles. The summed E-state index contributed by atoms with van der Waals surface area (Å²) in [6.07, 6.45) is 10.6. The molecule has 0 saturated heterocycles. The van der Waals surface area contributed by atoms with Crippen molar-refractivity contribution >= 4 is 11.4 Å². The number of carbonyl (C=O) groups excluding carboxylic acids is 1. The zero-order valence-electron chi connectivity index (χ0n) is 13.3. The van der Waals surface area contributed by atoms with Gasteiger partial charge in [0.2, 0.25) is 0 Å². The van der Waals surface area contributed by atoms with Crippen LogP contribution in [0.5, 0.6) is 0 Å². The van der Waals surface area contributed by atoms with Crippen LogP contribution >= 0.6 is 0 Å². The lowest BCUT2D eigenvalue weighted by atomic mass is 9.88. The SMILES string of the molecule is C[O+]=C1C=CC(=C2c3ccccc3CCc3ccccc32)C=C1. The quantitative estimate of drug-likeness (QED) is 0.637. The van der Waals surface area contributed by atoms with Crippen molar-refractivity contribution in [2.24, 2.45) is 0 Å². The fourth-order valence-corrected chi connectivity index (χ4v) is 3.45. The van der Waals surface area contributed by atoms with E-state index in [1.165, 1.54) is 33.4 Å². The second-order valence-corrected chi connectivity index (χ2v) is 5.92. The van der Waals surface area contributed by atoms with Crippen molar-refractivity contribution in [3.63, 3.8) is 0 Å². The van der Waals surface area contributed by atoms with Gasteiger partial charge in [-0.1, -0.05) is 48.5 Å². The van der Waals surface area contributed by atoms with Crippen LogP contribution in [0.3, 0.4) is 0 Å². The number of rotatable bonds is 0. The van der Waals surface area contributed by atoms with Gasteiger partial charge < -0.3 is 0 Å². The normalized spacial score (nSPS) is 16.0. The fraction of sp³-hybridized carbons (Fsp3) is 0.136. The van der Waals surface area contributed by atoms with E-state index in [-0.39, 0.29) is 0 Å². The summed E-state index contributed by atoms with van der Waals surface area (Å²) in [7, 11) is 1.71. The molecule has 0 bridgehead atoms. The van der Waals surface area contributed by atoms with Crippen LogP contribution in [0.2, 0.25) is 0 Å². The van der Waals surface area contributed by atoms with Gasteiger partial charge in [0.1, 0.15) is 0 Å². The Kier molecular flexibility index (Phi) is 3.55. The smallest absolute Gasteiger partial charge is 0.258 e. The molecule has 112 valence electrons. The molecule has 2 aromatic carbocycles. The zero-order valence-corrected chi connectivity index (χ0v) is 13.3. The standard InChI is InChI=1S/C22H19O/c1-23-19-14-12-18(13-15-19)22-20-8-4-2-6-16(20)10-11-17-7-3-5-9-21(17)22/h2-9,12-15H,10-11H2,1H3/q+1. The second kappa shape index (κ2) is 5.85. The molecule has 0 radical (unpaired) electrons. The first-order chi connectivity index (χ1) is 11.4. The molecular formula is C22H19O+. The second-order valence-electron chi connectivity index (χ2n) is 5.92. The number of hydrogen-bond acceptors (Lipinski definition) is 0. The zero-order chi connectivity index (χ0) is 15.6. The molecule has 1 nitrogen and oxygen atoms in total. The molecule has 4 rings (SSSR count). The van der Waals surface area contributed by atoms with Crippen molar-refractivity contribution in [1.29, 1.82) is 0 Å². The minimum Gasteiger partial charge on any atom is -0.258 e. The Hall–Kier alpha value is -2.67. The van der Waals surface area contributed by atoms with Crippen molar-refractivity contribution in [3.05, 3.63) is 101 Å². The topological polar surface area (TPSA) is 11.3 Å². The van der Waals surface area contributed by atoms with E-state index in [1.807, 2.05) is 12.2 Å². The monoisotopic (exact) mass is 299 g/mol. The van der Waals surface area contributed by atoms with E-state index in [0.29, 0.717) is 0 Å². The molecule has 0 aliphatic heterocycles. The highest BCUT2D eigenvalue weighted by atomic mass is 16.4. The van der Waals surface area contributed by atoms with E-state index in [9.17, 15) is 0 Å². The van der Waals surface area contributed by atoms with Crippen LogP contribution < -0.4 is 0 Å². The molecule has 0 heterocycles. The summed E-state index contributed by atoms with van der Waals surface area (Å²) in [5.74, 6) is 0.893. The summed E-state index contributed by atoms with van der Waals surface area (Å²) in [4.78, 5) is 0. The fourth-order valence-electron chi connectivity index (χ4n) is 3.45. The van der Waals surface area contributed by atoms with Crippen molar-refractivity contribution < 1.29 is 4.42 Å². The van der Waals surface area contributed by atoms with Crippen molar-refractivity contribution in [2.45, 2.75) is 12.8 Å². The molecule has 0 amide bonds. The van der Waals surface area contributed by atoms with Crippen LogP contribution in [0, 0.1) is 0 Å². The Morgan fingerprint density at radius 1 is 0.696 bits per heavy atom. The van der Waals surface area contributed by atoms with E-state index >= 15 is 0 Å². The summed E-state index contributed by atoms with van der Waals surface area (Å²) < 4.78 is 5.31. The summed E-state index contributed by atoms with van der Waals surface area (Å²) in [5, 5.41) is 0. The first-order valence-electron chi connectivity index (χ1n) is 8.05. The van der Waals surface area contributed by atoms with Gasteiger partial charge in [-0.05, 0) is 58.4 Å². The van der Waals surface area contributed by atoms with Gasteiger partial charge in [0.25, 0.3) is 7.11 Å². The molecule has 0 unspecified atom stereocenters. The van der Waals surface area contributed by atoms with Gasteiger partial charge in [0.05, 0.1) is 0 Å². The van der Waals surface area contributed by atoms with Gasteiger partial charge in [0.15, 0.2) is 0 Å². The van der Waals surface area contributed by atoms with Crippen molar-refractivity contribution in [3.8, 4) is 0 Å². The Morgan fingerprint density at radius 2 is 1.22 bits per heavy atom. The number of allylic oxidation sites excluding steroid dienone is 5. The van der Waals surface area contributed by atoms with E-state index in [0.717, 1.165) is 18.6 Å². The number of aryl methyl sites for hydroxylation is 2. The third kappa shape index (κ3) is 2.49. The summed E-state index contributed by atoms with van der Waals surface area (Å²) in [6, 6.07) is 17.6. The van der Waals surface area contributed by atoms with Crippen LogP contribution in [-0.2, 0) is 17.3 Å². The Balaban J connectivity index is 2.00. The maximum absolute atomic E-state index is 5.31. The lowest BCUT2D eigenvalue weighted by molar-refractivity contribution is -0.417. The lowest BCUT2D eigenvalue weighted by Crippen LogP contribution is -2.00. The van der Waals surface area contributed by atoms with Crippen LogP contribution in [-0.4, -0.2) is 12.9 Å². The van der Waals surface area contributed by atoms with Crippen molar-refractivity contribution in [2.75, 3.05) is 7.11 Å². The van der Waals surface area contributed by atoms with Gasteiger partial charge in [0, 0.05) is 12.2 Å². The summed E-state index contributed by atoms with van der Waals surface area (Å²) in [5.41, 5.74) is 8.12. The first kappa shape index (κ1) is 14.0. The third-order valence-corrected chi connectivity index (χ3v) is 4.62. The van der Waals surface area contributed by atoms with E-state index in [1.54, 1.807) is 7.11 Å². The number of benzene rings is 2. The summed E-state index contributed by atoms with van der Waals surface area (Å²) in [6.45, 7) is 0. The number of hydrogen-bond donors (Lipinski definition) is 0. The van der Waals surface area contributed by atoms with E-state index in [4.69, 9.17) is 4.42 Å². The van der Waals surface area contributed by atoms with Gasteiger partial charge >= 0.3 is 5.78 Å². The molecule has 2 aliphatic carbocycles. The van der Waals surface area contributed by atoms with E-state index in [2.05, 4.69) is 60.7 Å². The molecule has 1 heteroatoms. The number of ketones is 1. The predicted molar refractivity (Wildman–Crippen MR) is 95.5 cm³/mol. The molecule has 23 heavy (non-hydrogen) atoms. The van der Waals surface area contributed by atoms with Gasteiger partial charge in [-0.2, -0.15) is 0 Å². The number of fused-ring (bicyclic) bond motifs is 2. The van der Waals surface area contributed by atoms with Gasteiger partial charge in [-0.25, -0.2) is 0 Å². The summed E-state index contributed by atoms with van der Waals surface area (Å²) >= 11 is 0. The van der Waals surface area contributed by atoms with Crippen LogP contribution in [0.1, 0.15) is 22.3 Å². The molecular weight excluding hydrogens is 280 g/mol. The third-order valence-electron chi connectivity index (χ3n) is 4.62. The maximum atomic E-state index is 5.31. The molecule has 2 aromatic rings. The molecule has 0 fully saturated rings. The van der Waals surface area contributed by atoms with Crippen LogP contribution in [0.25, 0.3) is 5.57 Å². The van der Waals surface area contributed by atoms with Gasteiger partial charge in [-0.3, -0.25) is 4.42 Å². The minimum atomic E-state index is 0.893. The average Bonchev–Trinajstić information content (AvgIpc) is 2.79.